The molecule has 1 atom stereocenters. The molecule has 2 rings (SSSR count). The summed E-state index contributed by atoms with van der Waals surface area (Å²) in [5.41, 5.74) is 7.55. The number of nitrogens with one attached hydrogen (secondary N) is 3. The molecule has 1 amide bonds. The number of nitrogens with two attached hydrogens (primary N) is 1. The maximum Gasteiger partial charge on any atom is 0.322 e. The van der Waals surface area contributed by atoms with Crippen molar-refractivity contribution in [3.8, 4) is 0 Å². The summed E-state index contributed by atoms with van der Waals surface area (Å²) in [6.07, 6.45) is 0. The van der Waals surface area contributed by atoms with E-state index < -0.39 is 12.0 Å². The Balaban J connectivity index is 1.99. The van der Waals surface area contributed by atoms with Gasteiger partial charge in [-0.3, -0.25) is 9.59 Å². The second kappa shape index (κ2) is 4.92. The van der Waals surface area contributed by atoms with Gasteiger partial charge in [-0.2, -0.15) is 0 Å². The number of hydrogen-bond donors (Lipinski definition) is 5. The number of aliphatic carboxylic acids is 1. The fraction of sp³-hybridized carbons (Fsp3) is 0.273. The maximum absolute atomic E-state index is 11.8. The van der Waals surface area contributed by atoms with Gasteiger partial charge in [-0.15, -0.1) is 0 Å². The highest BCUT2D eigenvalue weighted by Gasteiger charge is 2.15. The predicted molar refractivity (Wildman–Crippen MR) is 66.5 cm³/mol. The van der Waals surface area contributed by atoms with Crippen LogP contribution in [-0.4, -0.2) is 36.2 Å². The zero-order valence-electron chi connectivity index (χ0n) is 9.56. The van der Waals surface area contributed by atoms with Crippen LogP contribution in [0.15, 0.2) is 18.2 Å². The van der Waals surface area contributed by atoms with E-state index in [-0.39, 0.29) is 12.5 Å². The summed E-state index contributed by atoms with van der Waals surface area (Å²) in [6.45, 7) is 0.529. The Morgan fingerprint density at radius 1 is 1.39 bits per heavy atom. The van der Waals surface area contributed by atoms with Gasteiger partial charge in [0.2, 0.25) is 0 Å². The minimum absolute atomic E-state index is 0.100. The number of fused-ring (bicyclic) bond motifs is 1. The molecule has 0 fully saturated rings. The molecule has 0 aliphatic carbocycles. The lowest BCUT2D eigenvalue weighted by Crippen LogP contribution is -2.42. The third-order valence-corrected chi connectivity index (χ3v) is 2.64. The molecule has 0 saturated heterocycles. The van der Waals surface area contributed by atoms with Gasteiger partial charge in [0, 0.05) is 12.1 Å². The van der Waals surface area contributed by atoms with E-state index in [2.05, 4.69) is 16.0 Å². The molecule has 0 aromatic heterocycles. The standard InChI is InChI=1S/C11H14N4O3/c12-7(11(17)18)4-13-10(16)6-1-2-8-9(3-6)15-5-14-8/h1-3,7,14-15H,4-5,12H2,(H,13,16)(H,17,18)/t7-/m1/s1. The number of carboxylic acid groups (broad SMARTS) is 1. The van der Waals surface area contributed by atoms with Crippen molar-refractivity contribution in [2.24, 2.45) is 5.73 Å². The van der Waals surface area contributed by atoms with Gasteiger partial charge in [0.25, 0.3) is 5.91 Å². The van der Waals surface area contributed by atoms with Gasteiger partial charge in [0.05, 0.1) is 18.0 Å². The quantitative estimate of drug-likeness (QED) is 0.497. The number of anilines is 2. The largest absolute Gasteiger partial charge is 0.480 e. The second-order valence-electron chi connectivity index (χ2n) is 3.95. The highest BCUT2D eigenvalue weighted by atomic mass is 16.4. The average molecular weight is 250 g/mol. The number of rotatable bonds is 4. The van der Waals surface area contributed by atoms with E-state index in [0.29, 0.717) is 12.2 Å². The number of benzene rings is 1. The zero-order chi connectivity index (χ0) is 13.1. The molecule has 1 aromatic rings. The summed E-state index contributed by atoms with van der Waals surface area (Å²) in [4.78, 5) is 22.3. The van der Waals surface area contributed by atoms with Gasteiger partial charge in [-0.1, -0.05) is 0 Å². The second-order valence-corrected chi connectivity index (χ2v) is 3.95. The topological polar surface area (TPSA) is 116 Å². The molecule has 0 saturated carbocycles. The molecule has 6 N–H and O–H groups in total. The molecule has 96 valence electrons. The van der Waals surface area contributed by atoms with Crippen LogP contribution in [0.1, 0.15) is 10.4 Å². The Morgan fingerprint density at radius 2 is 2.11 bits per heavy atom. The van der Waals surface area contributed by atoms with E-state index >= 15 is 0 Å². The summed E-state index contributed by atoms with van der Waals surface area (Å²) in [7, 11) is 0. The van der Waals surface area contributed by atoms with E-state index in [0.717, 1.165) is 11.4 Å². The monoisotopic (exact) mass is 250 g/mol. The predicted octanol–water partition coefficient (Wildman–Crippen LogP) is -0.377. The van der Waals surface area contributed by atoms with Crippen LogP contribution in [0.25, 0.3) is 0 Å². The molecule has 0 bridgehead atoms. The maximum atomic E-state index is 11.8. The molecule has 7 heteroatoms. The molecule has 18 heavy (non-hydrogen) atoms. The Hall–Kier alpha value is -2.28. The summed E-state index contributed by atoms with van der Waals surface area (Å²) in [5.74, 6) is -1.49. The Morgan fingerprint density at radius 3 is 2.83 bits per heavy atom. The number of carboxylic acids is 1. The molecule has 1 aliphatic heterocycles. The first-order chi connectivity index (χ1) is 8.58. The first-order valence-corrected chi connectivity index (χ1v) is 5.46. The van der Waals surface area contributed by atoms with E-state index in [1.165, 1.54) is 0 Å². The molecule has 1 heterocycles. The van der Waals surface area contributed by atoms with E-state index in [1.54, 1.807) is 18.2 Å². The van der Waals surface area contributed by atoms with Crippen LogP contribution in [0.5, 0.6) is 0 Å². The van der Waals surface area contributed by atoms with Gasteiger partial charge in [0.1, 0.15) is 6.04 Å². The average Bonchev–Trinajstić information content (AvgIpc) is 2.82. The Kier molecular flexibility index (Phi) is 3.33. The van der Waals surface area contributed by atoms with Crippen LogP contribution in [0.2, 0.25) is 0 Å². The molecular weight excluding hydrogens is 236 g/mol. The van der Waals surface area contributed by atoms with Crippen molar-refractivity contribution in [3.05, 3.63) is 23.8 Å². The molecule has 1 aliphatic rings. The summed E-state index contributed by atoms with van der Waals surface area (Å²) < 4.78 is 0. The van der Waals surface area contributed by atoms with E-state index in [4.69, 9.17) is 10.8 Å². The smallest absolute Gasteiger partial charge is 0.322 e. The van der Waals surface area contributed by atoms with Crippen LogP contribution < -0.4 is 21.7 Å². The van der Waals surface area contributed by atoms with Crippen LogP contribution in [-0.2, 0) is 4.79 Å². The van der Waals surface area contributed by atoms with Gasteiger partial charge in [-0.05, 0) is 18.2 Å². The van der Waals surface area contributed by atoms with Crippen molar-refractivity contribution < 1.29 is 14.7 Å². The number of amides is 1. The van der Waals surface area contributed by atoms with Crippen molar-refractivity contribution >= 4 is 23.3 Å². The Labute approximate surface area is 103 Å². The fourth-order valence-electron chi connectivity index (χ4n) is 1.61. The first kappa shape index (κ1) is 12.2. The van der Waals surface area contributed by atoms with Crippen LogP contribution >= 0.6 is 0 Å². The summed E-state index contributed by atoms with van der Waals surface area (Å²) in [6, 6.07) is 4.07. The minimum Gasteiger partial charge on any atom is -0.480 e. The lowest BCUT2D eigenvalue weighted by atomic mass is 10.1. The normalized spacial score (nSPS) is 14.1. The summed E-state index contributed by atoms with van der Waals surface area (Å²) >= 11 is 0. The molecule has 0 radical (unpaired) electrons. The molecule has 0 unspecified atom stereocenters. The van der Waals surface area contributed by atoms with Crippen molar-refractivity contribution in [2.75, 3.05) is 23.8 Å². The number of carbonyl (C=O) groups is 2. The van der Waals surface area contributed by atoms with Gasteiger partial charge in [-0.25, -0.2) is 0 Å². The van der Waals surface area contributed by atoms with Gasteiger partial charge >= 0.3 is 5.97 Å². The molecule has 0 spiro atoms. The van der Waals surface area contributed by atoms with Gasteiger partial charge in [0.15, 0.2) is 0 Å². The number of carbonyl (C=O) groups excluding carboxylic acids is 1. The molecule has 1 aromatic carbocycles. The van der Waals surface area contributed by atoms with Gasteiger partial charge < -0.3 is 26.8 Å². The third kappa shape index (κ3) is 2.51. The SMILES string of the molecule is N[C@H](CNC(=O)c1ccc2c(c1)NCN2)C(=O)O. The van der Waals surface area contributed by atoms with E-state index in [9.17, 15) is 9.59 Å². The third-order valence-electron chi connectivity index (χ3n) is 2.64. The van der Waals surface area contributed by atoms with Crippen molar-refractivity contribution in [1.29, 1.82) is 0 Å². The van der Waals surface area contributed by atoms with Crippen molar-refractivity contribution in [3.63, 3.8) is 0 Å². The van der Waals surface area contributed by atoms with E-state index in [1.807, 2.05) is 0 Å². The highest BCUT2D eigenvalue weighted by molar-refractivity contribution is 5.97. The fourth-order valence-corrected chi connectivity index (χ4v) is 1.61. The number of hydrogen-bond acceptors (Lipinski definition) is 5. The lowest BCUT2D eigenvalue weighted by molar-refractivity contribution is -0.138. The minimum atomic E-state index is -1.14. The molecular formula is C11H14N4O3. The van der Waals surface area contributed by atoms with Crippen molar-refractivity contribution in [1.82, 2.24) is 5.32 Å². The highest BCUT2D eigenvalue weighted by Crippen LogP contribution is 2.26. The Bertz CT molecular complexity index is 489. The lowest BCUT2D eigenvalue weighted by Gasteiger charge is -2.09. The van der Waals surface area contributed by atoms with Crippen LogP contribution in [0.4, 0.5) is 11.4 Å². The van der Waals surface area contributed by atoms with Crippen LogP contribution in [0.3, 0.4) is 0 Å². The van der Waals surface area contributed by atoms with Crippen LogP contribution in [0, 0.1) is 0 Å². The summed E-state index contributed by atoms with van der Waals surface area (Å²) in [5, 5.41) is 17.2. The molecule has 7 nitrogen and oxygen atoms in total. The first-order valence-electron chi connectivity index (χ1n) is 5.46. The van der Waals surface area contributed by atoms with Crippen molar-refractivity contribution in [2.45, 2.75) is 6.04 Å². The zero-order valence-corrected chi connectivity index (χ0v) is 9.56.